The molecular formula is C21H24Cl2N4O. The Morgan fingerprint density at radius 1 is 1.07 bits per heavy atom. The summed E-state index contributed by atoms with van der Waals surface area (Å²) in [5.41, 5.74) is 9.09. The van der Waals surface area contributed by atoms with Gasteiger partial charge in [0.05, 0.1) is 16.8 Å². The number of rotatable bonds is 3. The number of carbonyl (C=O) groups excluding carboxylic acids is 1. The molecule has 0 atom stereocenters. The molecule has 4 rings (SSSR count). The summed E-state index contributed by atoms with van der Waals surface area (Å²) in [5.74, 6) is 0.606. The molecule has 0 spiro atoms. The minimum Gasteiger partial charge on any atom is -0.339 e. The Morgan fingerprint density at radius 3 is 2.43 bits per heavy atom. The molecule has 1 aromatic carbocycles. The third kappa shape index (κ3) is 4.43. The number of para-hydroxylation sites is 1. The Morgan fingerprint density at radius 2 is 1.75 bits per heavy atom. The van der Waals surface area contributed by atoms with E-state index in [-0.39, 0.29) is 30.7 Å². The summed E-state index contributed by atoms with van der Waals surface area (Å²) in [6, 6.07) is 13.6. The van der Waals surface area contributed by atoms with Crippen molar-refractivity contribution < 1.29 is 4.79 Å². The molecule has 1 fully saturated rings. The number of benzene rings is 1. The molecule has 1 aliphatic heterocycles. The van der Waals surface area contributed by atoms with E-state index in [0.717, 1.165) is 48.1 Å². The lowest BCUT2D eigenvalue weighted by molar-refractivity contribution is 0.0695. The molecule has 0 aliphatic carbocycles. The first-order valence-corrected chi connectivity index (χ1v) is 9.06. The first kappa shape index (κ1) is 22.1. The number of pyridine rings is 2. The quantitative estimate of drug-likeness (QED) is 0.698. The van der Waals surface area contributed by atoms with Gasteiger partial charge in [0.2, 0.25) is 0 Å². The molecule has 0 saturated carbocycles. The van der Waals surface area contributed by atoms with Gasteiger partial charge < -0.3 is 10.6 Å². The van der Waals surface area contributed by atoms with Gasteiger partial charge in [-0.3, -0.25) is 9.78 Å². The zero-order valence-corrected chi connectivity index (χ0v) is 17.1. The van der Waals surface area contributed by atoms with Gasteiger partial charge in [-0.2, -0.15) is 0 Å². The molecule has 1 saturated heterocycles. The summed E-state index contributed by atoms with van der Waals surface area (Å²) in [4.78, 5) is 24.0. The number of hydrogen-bond donors (Lipinski definition) is 1. The summed E-state index contributed by atoms with van der Waals surface area (Å²) in [5, 5.41) is 0.899. The number of amides is 1. The second kappa shape index (κ2) is 9.82. The molecule has 3 aromatic rings. The average Bonchev–Trinajstić information content (AvgIpc) is 2.73. The fraction of sp³-hybridized carbons (Fsp3) is 0.286. The number of fused-ring (bicyclic) bond motifs is 1. The first-order valence-electron chi connectivity index (χ1n) is 9.06. The van der Waals surface area contributed by atoms with Crippen LogP contribution in [-0.4, -0.2) is 40.4 Å². The molecule has 148 valence electrons. The van der Waals surface area contributed by atoms with Gasteiger partial charge in [-0.15, -0.1) is 24.8 Å². The minimum absolute atomic E-state index is 0. The summed E-state index contributed by atoms with van der Waals surface area (Å²) < 4.78 is 0. The normalized spacial score (nSPS) is 14.2. The number of hydrogen-bond acceptors (Lipinski definition) is 4. The highest BCUT2D eigenvalue weighted by Crippen LogP contribution is 2.27. The maximum absolute atomic E-state index is 13.2. The van der Waals surface area contributed by atoms with Crippen LogP contribution in [0.2, 0.25) is 0 Å². The van der Waals surface area contributed by atoms with Crippen molar-refractivity contribution in [1.82, 2.24) is 14.9 Å². The molecule has 0 radical (unpaired) electrons. The summed E-state index contributed by atoms with van der Waals surface area (Å²) in [6.07, 6.45) is 5.43. The highest BCUT2D eigenvalue weighted by Gasteiger charge is 2.24. The van der Waals surface area contributed by atoms with Crippen molar-refractivity contribution in [3.05, 3.63) is 60.4 Å². The van der Waals surface area contributed by atoms with Crippen LogP contribution in [0.1, 0.15) is 23.2 Å². The van der Waals surface area contributed by atoms with Crippen molar-refractivity contribution in [2.45, 2.75) is 12.8 Å². The van der Waals surface area contributed by atoms with Crippen LogP contribution in [0.15, 0.2) is 54.9 Å². The van der Waals surface area contributed by atoms with E-state index in [2.05, 4.69) is 4.98 Å². The lowest BCUT2D eigenvalue weighted by Gasteiger charge is -2.31. The second-order valence-corrected chi connectivity index (χ2v) is 6.78. The molecule has 7 heteroatoms. The van der Waals surface area contributed by atoms with E-state index in [9.17, 15) is 4.79 Å². The molecule has 1 aliphatic rings. The van der Waals surface area contributed by atoms with Gasteiger partial charge >= 0.3 is 0 Å². The van der Waals surface area contributed by atoms with Gasteiger partial charge in [-0.1, -0.05) is 18.2 Å². The molecule has 28 heavy (non-hydrogen) atoms. The fourth-order valence-corrected chi connectivity index (χ4v) is 3.57. The van der Waals surface area contributed by atoms with Crippen LogP contribution in [-0.2, 0) is 0 Å². The van der Waals surface area contributed by atoms with Crippen molar-refractivity contribution >= 4 is 41.6 Å². The van der Waals surface area contributed by atoms with Crippen LogP contribution in [0.25, 0.3) is 22.2 Å². The second-order valence-electron chi connectivity index (χ2n) is 6.78. The van der Waals surface area contributed by atoms with Crippen LogP contribution in [0.5, 0.6) is 0 Å². The summed E-state index contributed by atoms with van der Waals surface area (Å²) >= 11 is 0. The lowest BCUT2D eigenvalue weighted by atomic mass is 9.96. The molecule has 0 bridgehead atoms. The van der Waals surface area contributed by atoms with Gasteiger partial charge in [-0.05, 0) is 49.6 Å². The number of nitrogens with zero attached hydrogens (tertiary/aromatic N) is 3. The van der Waals surface area contributed by atoms with Gasteiger partial charge in [0.1, 0.15) is 0 Å². The molecule has 3 heterocycles. The Labute approximate surface area is 177 Å². The third-order valence-electron chi connectivity index (χ3n) is 5.16. The van der Waals surface area contributed by atoms with E-state index in [4.69, 9.17) is 10.7 Å². The highest BCUT2D eigenvalue weighted by atomic mass is 35.5. The number of piperidine rings is 1. The van der Waals surface area contributed by atoms with Crippen LogP contribution in [0.3, 0.4) is 0 Å². The van der Waals surface area contributed by atoms with Crippen LogP contribution in [0.4, 0.5) is 0 Å². The van der Waals surface area contributed by atoms with Crippen molar-refractivity contribution in [2.24, 2.45) is 11.7 Å². The molecule has 5 nitrogen and oxygen atoms in total. The van der Waals surface area contributed by atoms with Crippen molar-refractivity contribution in [3.8, 4) is 11.3 Å². The Hall–Kier alpha value is -2.21. The van der Waals surface area contributed by atoms with Crippen LogP contribution in [0, 0.1) is 5.92 Å². The number of likely N-dealkylation sites (tertiary alicyclic amines) is 1. The first-order chi connectivity index (χ1) is 12.8. The lowest BCUT2D eigenvalue weighted by Crippen LogP contribution is -2.40. The monoisotopic (exact) mass is 418 g/mol. The van der Waals surface area contributed by atoms with E-state index in [1.54, 1.807) is 12.4 Å². The minimum atomic E-state index is 0. The number of aromatic nitrogens is 2. The molecular weight excluding hydrogens is 395 g/mol. The maximum atomic E-state index is 13.2. The molecule has 1 amide bonds. The molecule has 2 N–H and O–H groups in total. The van der Waals surface area contributed by atoms with E-state index in [1.807, 2.05) is 47.4 Å². The van der Waals surface area contributed by atoms with E-state index in [1.165, 1.54) is 0 Å². The zero-order chi connectivity index (χ0) is 17.9. The van der Waals surface area contributed by atoms with E-state index >= 15 is 0 Å². The number of nitrogens with two attached hydrogens (primary N) is 1. The van der Waals surface area contributed by atoms with Gasteiger partial charge in [0.25, 0.3) is 5.91 Å². The largest absolute Gasteiger partial charge is 0.339 e. The summed E-state index contributed by atoms with van der Waals surface area (Å²) in [7, 11) is 0. The number of halogens is 2. The van der Waals surface area contributed by atoms with E-state index < -0.39 is 0 Å². The van der Waals surface area contributed by atoms with Gasteiger partial charge in [0.15, 0.2) is 0 Å². The Bertz CT molecular complexity index is 928. The maximum Gasteiger partial charge on any atom is 0.254 e. The van der Waals surface area contributed by atoms with Crippen LogP contribution >= 0.6 is 24.8 Å². The van der Waals surface area contributed by atoms with Crippen molar-refractivity contribution in [2.75, 3.05) is 19.6 Å². The molecule has 2 aromatic heterocycles. The third-order valence-corrected chi connectivity index (χ3v) is 5.16. The predicted octanol–water partition coefficient (Wildman–Crippen LogP) is 3.95. The highest BCUT2D eigenvalue weighted by molar-refractivity contribution is 6.07. The standard InChI is InChI=1S/C21H22N4O.2ClH/c22-14-15-7-11-25(12-8-15)21(26)18-13-20(16-5-9-23-10-6-16)24-19-4-2-1-3-17(18)19;;/h1-6,9-10,13,15H,7-8,11-12,14,22H2;2*1H. The fourth-order valence-electron chi connectivity index (χ4n) is 3.57. The van der Waals surface area contributed by atoms with Crippen molar-refractivity contribution in [3.63, 3.8) is 0 Å². The average molecular weight is 419 g/mol. The van der Waals surface area contributed by atoms with Crippen molar-refractivity contribution in [1.29, 1.82) is 0 Å². The Balaban J connectivity index is 0.00000140. The molecule has 0 unspecified atom stereocenters. The SMILES string of the molecule is Cl.Cl.NCC1CCN(C(=O)c2cc(-c3ccncc3)nc3ccccc23)CC1. The predicted molar refractivity (Wildman–Crippen MR) is 117 cm³/mol. The zero-order valence-electron chi connectivity index (χ0n) is 15.5. The topological polar surface area (TPSA) is 72.1 Å². The summed E-state index contributed by atoms with van der Waals surface area (Å²) in [6.45, 7) is 2.23. The number of carbonyl (C=O) groups is 1. The van der Waals surface area contributed by atoms with Crippen LogP contribution < -0.4 is 5.73 Å². The van der Waals surface area contributed by atoms with Gasteiger partial charge in [0, 0.05) is 36.4 Å². The van der Waals surface area contributed by atoms with E-state index in [0.29, 0.717) is 18.0 Å². The van der Waals surface area contributed by atoms with Gasteiger partial charge in [-0.25, -0.2) is 4.98 Å². The Kier molecular flexibility index (Phi) is 7.75. The smallest absolute Gasteiger partial charge is 0.254 e.